The van der Waals surface area contributed by atoms with E-state index in [0.29, 0.717) is 0 Å². The summed E-state index contributed by atoms with van der Waals surface area (Å²) < 4.78 is 2.10. The topological polar surface area (TPSA) is 29.9 Å². The Kier molecular flexibility index (Phi) is 3.50. The summed E-state index contributed by atoms with van der Waals surface area (Å²) in [6.45, 7) is 2.89. The highest BCUT2D eigenvalue weighted by atomic mass is 14.9. The minimum Gasteiger partial charge on any atom is -0.381 e. The molecule has 0 spiro atoms. The van der Waals surface area contributed by atoms with E-state index in [1.54, 1.807) is 0 Å². The van der Waals surface area contributed by atoms with Gasteiger partial charge < -0.3 is 9.88 Å². The number of aromatic nitrogens is 2. The molecule has 3 aromatic rings. The number of hydrogen-bond acceptors (Lipinski definition) is 2. The molecule has 20 heavy (non-hydrogen) atoms. The van der Waals surface area contributed by atoms with Crippen LogP contribution in [-0.2, 0) is 6.54 Å². The predicted molar refractivity (Wildman–Crippen MR) is 82.1 cm³/mol. The summed E-state index contributed by atoms with van der Waals surface area (Å²) in [7, 11) is 0. The van der Waals surface area contributed by atoms with Gasteiger partial charge in [-0.05, 0) is 54.4 Å². The summed E-state index contributed by atoms with van der Waals surface area (Å²) in [5, 5.41) is 3.45. The molecule has 2 heterocycles. The lowest BCUT2D eigenvalue weighted by atomic mass is 10.1. The third-order valence-corrected chi connectivity index (χ3v) is 3.38. The summed E-state index contributed by atoms with van der Waals surface area (Å²) in [5.74, 6) is 0. The molecule has 0 aliphatic carbocycles. The molecule has 0 bridgehead atoms. The van der Waals surface area contributed by atoms with Crippen LogP contribution in [0.25, 0.3) is 5.69 Å². The second kappa shape index (κ2) is 5.61. The Balaban J connectivity index is 1.75. The molecule has 1 aromatic carbocycles. The lowest BCUT2D eigenvalue weighted by molar-refractivity contribution is 1.06. The first-order chi connectivity index (χ1) is 9.83. The molecule has 0 unspecified atom stereocenters. The molecule has 0 saturated carbocycles. The normalized spacial score (nSPS) is 10.4. The summed E-state index contributed by atoms with van der Waals surface area (Å²) >= 11 is 0. The number of anilines is 1. The average molecular weight is 263 g/mol. The second-order valence-electron chi connectivity index (χ2n) is 4.80. The Labute approximate surface area is 118 Å². The van der Waals surface area contributed by atoms with E-state index < -0.39 is 0 Å². The number of hydrogen-bond donors (Lipinski definition) is 1. The molecule has 3 heteroatoms. The minimum absolute atomic E-state index is 0.787. The first kappa shape index (κ1) is 12.5. The summed E-state index contributed by atoms with van der Waals surface area (Å²) in [6.07, 6.45) is 7.83. The second-order valence-corrected chi connectivity index (χ2v) is 4.80. The number of rotatable bonds is 4. The number of pyridine rings is 1. The van der Waals surface area contributed by atoms with Gasteiger partial charge in [-0.25, -0.2) is 0 Å². The Morgan fingerprint density at radius 3 is 2.75 bits per heavy atom. The Morgan fingerprint density at radius 2 is 1.95 bits per heavy atom. The highest BCUT2D eigenvalue weighted by Gasteiger charge is 2.00. The maximum Gasteiger partial charge on any atom is 0.0469 e. The Morgan fingerprint density at radius 1 is 1.10 bits per heavy atom. The number of benzene rings is 1. The van der Waals surface area contributed by atoms with Gasteiger partial charge in [-0.15, -0.1) is 0 Å². The van der Waals surface area contributed by atoms with Crippen molar-refractivity contribution in [3.8, 4) is 5.69 Å². The van der Waals surface area contributed by atoms with Gasteiger partial charge in [-0.2, -0.15) is 0 Å². The van der Waals surface area contributed by atoms with E-state index in [4.69, 9.17) is 0 Å². The number of nitrogens with one attached hydrogen (secondary N) is 1. The van der Waals surface area contributed by atoms with Crippen molar-refractivity contribution in [3.63, 3.8) is 0 Å². The van der Waals surface area contributed by atoms with Gasteiger partial charge >= 0.3 is 0 Å². The average Bonchev–Trinajstić information content (AvgIpc) is 3.01. The third kappa shape index (κ3) is 2.72. The van der Waals surface area contributed by atoms with Crippen LogP contribution in [0.1, 0.15) is 11.1 Å². The fourth-order valence-electron chi connectivity index (χ4n) is 2.16. The highest BCUT2D eigenvalue weighted by Crippen LogP contribution is 2.16. The van der Waals surface area contributed by atoms with Crippen LogP contribution >= 0.6 is 0 Å². The van der Waals surface area contributed by atoms with Gasteiger partial charge in [0.05, 0.1) is 0 Å². The predicted octanol–water partition coefficient (Wildman–Crippen LogP) is 3.79. The fraction of sp³-hybridized carbons (Fsp3) is 0.118. The monoisotopic (exact) mass is 263 g/mol. The van der Waals surface area contributed by atoms with Crippen LogP contribution in [0.4, 0.5) is 5.69 Å². The van der Waals surface area contributed by atoms with Gasteiger partial charge in [-0.3, -0.25) is 4.98 Å². The van der Waals surface area contributed by atoms with Crippen molar-refractivity contribution in [2.75, 3.05) is 5.32 Å². The molecule has 0 radical (unpaired) electrons. The van der Waals surface area contributed by atoms with Crippen LogP contribution in [-0.4, -0.2) is 9.55 Å². The molecule has 0 aliphatic heterocycles. The van der Waals surface area contributed by atoms with Crippen molar-refractivity contribution < 1.29 is 0 Å². The molecule has 0 aliphatic rings. The van der Waals surface area contributed by atoms with Crippen molar-refractivity contribution in [2.24, 2.45) is 0 Å². The molecule has 3 nitrogen and oxygen atoms in total. The van der Waals surface area contributed by atoms with Gasteiger partial charge in [0.2, 0.25) is 0 Å². The quantitative estimate of drug-likeness (QED) is 0.776. The zero-order valence-corrected chi connectivity index (χ0v) is 11.5. The Hall–Kier alpha value is -2.55. The standard InChI is InChI=1S/C17H17N3/c1-14-7-8-18-12-15(14)13-19-16-5-4-6-17(11-16)20-9-2-3-10-20/h2-12,19H,13H2,1H3. The van der Waals surface area contributed by atoms with E-state index >= 15 is 0 Å². The molecule has 3 rings (SSSR count). The Bertz CT molecular complexity index is 687. The number of nitrogens with zero attached hydrogens (tertiary/aromatic N) is 2. The summed E-state index contributed by atoms with van der Waals surface area (Å²) in [4.78, 5) is 4.17. The van der Waals surface area contributed by atoms with Crippen LogP contribution in [0.2, 0.25) is 0 Å². The zero-order chi connectivity index (χ0) is 13.8. The van der Waals surface area contributed by atoms with Crippen molar-refractivity contribution in [3.05, 3.63) is 78.4 Å². The van der Waals surface area contributed by atoms with E-state index in [1.807, 2.05) is 43.0 Å². The van der Waals surface area contributed by atoms with Crippen LogP contribution in [0.15, 0.2) is 67.3 Å². The van der Waals surface area contributed by atoms with Gasteiger partial charge in [0.25, 0.3) is 0 Å². The van der Waals surface area contributed by atoms with Crippen molar-refractivity contribution in [1.82, 2.24) is 9.55 Å². The highest BCUT2D eigenvalue weighted by molar-refractivity contribution is 5.51. The van der Waals surface area contributed by atoms with Crippen LogP contribution in [0.3, 0.4) is 0 Å². The molecule has 0 fully saturated rings. The molecule has 100 valence electrons. The van der Waals surface area contributed by atoms with E-state index in [0.717, 1.165) is 17.9 Å². The van der Waals surface area contributed by atoms with Crippen molar-refractivity contribution >= 4 is 5.69 Å². The van der Waals surface area contributed by atoms with Crippen LogP contribution in [0.5, 0.6) is 0 Å². The van der Waals surface area contributed by atoms with Gasteiger partial charge in [0.15, 0.2) is 0 Å². The SMILES string of the molecule is Cc1ccncc1CNc1cccc(-n2cccc2)c1. The van der Waals surface area contributed by atoms with Gasteiger partial charge in [0.1, 0.15) is 0 Å². The molecular weight excluding hydrogens is 246 g/mol. The zero-order valence-electron chi connectivity index (χ0n) is 11.5. The third-order valence-electron chi connectivity index (χ3n) is 3.38. The lowest BCUT2D eigenvalue weighted by Gasteiger charge is -2.10. The summed E-state index contributed by atoms with van der Waals surface area (Å²) in [6, 6.07) is 14.5. The van der Waals surface area contributed by atoms with E-state index in [2.05, 4.69) is 46.1 Å². The lowest BCUT2D eigenvalue weighted by Crippen LogP contribution is -2.02. The maximum atomic E-state index is 4.17. The van der Waals surface area contributed by atoms with Crippen LogP contribution in [0, 0.1) is 6.92 Å². The largest absolute Gasteiger partial charge is 0.381 e. The smallest absolute Gasteiger partial charge is 0.0469 e. The molecule has 0 saturated heterocycles. The molecular formula is C17H17N3. The van der Waals surface area contributed by atoms with Crippen molar-refractivity contribution in [2.45, 2.75) is 13.5 Å². The van der Waals surface area contributed by atoms with E-state index in [1.165, 1.54) is 11.1 Å². The van der Waals surface area contributed by atoms with E-state index in [-0.39, 0.29) is 0 Å². The number of aryl methyl sites for hydroxylation is 1. The first-order valence-corrected chi connectivity index (χ1v) is 6.70. The molecule has 1 N–H and O–H groups in total. The molecule has 0 atom stereocenters. The fourth-order valence-corrected chi connectivity index (χ4v) is 2.16. The van der Waals surface area contributed by atoms with Gasteiger partial charge in [0, 0.05) is 42.7 Å². The molecule has 2 aromatic heterocycles. The minimum atomic E-state index is 0.787. The summed E-state index contributed by atoms with van der Waals surface area (Å²) in [5.41, 5.74) is 4.75. The van der Waals surface area contributed by atoms with Crippen LogP contribution < -0.4 is 5.32 Å². The maximum absolute atomic E-state index is 4.17. The molecule has 0 amide bonds. The van der Waals surface area contributed by atoms with Crippen molar-refractivity contribution in [1.29, 1.82) is 0 Å². The first-order valence-electron chi connectivity index (χ1n) is 6.70. The van der Waals surface area contributed by atoms with Gasteiger partial charge in [-0.1, -0.05) is 6.07 Å². The van der Waals surface area contributed by atoms with E-state index in [9.17, 15) is 0 Å².